The van der Waals surface area contributed by atoms with Gasteiger partial charge in [-0.25, -0.2) is 0 Å². The fraction of sp³-hybridized carbons (Fsp3) is 0. The van der Waals surface area contributed by atoms with Crippen LogP contribution in [-0.2, 0) is 0 Å². The molecule has 7 nitrogen and oxygen atoms in total. The van der Waals surface area contributed by atoms with Gasteiger partial charge in [0, 0.05) is 35.7 Å². The smallest absolute Gasteiger partial charge is 0.128 e. The summed E-state index contributed by atoms with van der Waals surface area (Å²) in [7, 11) is 0. The molecule has 0 aliphatic carbocycles. The fourth-order valence-electron chi connectivity index (χ4n) is 2.91. The highest BCUT2D eigenvalue weighted by Gasteiger charge is 2.02. The van der Waals surface area contributed by atoms with Gasteiger partial charge in [0.25, 0.3) is 0 Å². The Balaban J connectivity index is 1.38. The maximum Gasteiger partial charge on any atom is 0.128 e. The number of hydrogen-bond acceptors (Lipinski definition) is 7. The minimum Gasteiger partial charge on any atom is -0.508 e. The van der Waals surface area contributed by atoms with Crippen LogP contribution in [0.1, 0.15) is 11.1 Å². The molecule has 0 heterocycles. The number of hydrogen-bond donors (Lipinski definition) is 4. The highest BCUT2D eigenvalue weighted by atomic mass is 16.5. The van der Waals surface area contributed by atoms with Crippen molar-refractivity contribution in [1.29, 1.82) is 0 Å². The lowest BCUT2D eigenvalue weighted by Gasteiger charge is -2.06. The normalized spacial score (nSPS) is 11.3. The molecular weight excluding hydrogens is 420 g/mol. The molecule has 0 amide bonds. The van der Waals surface area contributed by atoms with Crippen LogP contribution in [0.25, 0.3) is 0 Å². The summed E-state index contributed by atoms with van der Waals surface area (Å²) >= 11 is 0. The topological polar surface area (TPSA) is 115 Å². The van der Waals surface area contributed by atoms with Crippen LogP contribution in [0.15, 0.2) is 94.9 Å². The highest BCUT2D eigenvalue weighted by Crippen LogP contribution is 2.27. The van der Waals surface area contributed by atoms with Crippen LogP contribution in [0.4, 0.5) is 11.4 Å². The van der Waals surface area contributed by atoms with Gasteiger partial charge in [-0.1, -0.05) is 0 Å². The van der Waals surface area contributed by atoms with Crippen LogP contribution in [-0.4, -0.2) is 32.9 Å². The van der Waals surface area contributed by atoms with Gasteiger partial charge in [0.15, 0.2) is 0 Å². The van der Waals surface area contributed by atoms with E-state index in [9.17, 15) is 20.4 Å². The van der Waals surface area contributed by atoms with Gasteiger partial charge < -0.3 is 25.2 Å². The largest absolute Gasteiger partial charge is 0.508 e. The quantitative estimate of drug-likeness (QED) is 0.283. The zero-order valence-electron chi connectivity index (χ0n) is 17.3. The minimum atomic E-state index is -0.0497. The Morgan fingerprint density at radius 2 is 0.909 bits per heavy atom. The monoisotopic (exact) mass is 440 g/mol. The van der Waals surface area contributed by atoms with E-state index in [0.717, 1.165) is 0 Å². The van der Waals surface area contributed by atoms with Crippen molar-refractivity contribution in [2.24, 2.45) is 9.98 Å². The summed E-state index contributed by atoms with van der Waals surface area (Å²) in [4.78, 5) is 8.63. The van der Waals surface area contributed by atoms with Crippen LogP contribution in [0.5, 0.6) is 34.5 Å². The summed E-state index contributed by atoms with van der Waals surface area (Å²) in [6, 6.07) is 22.9. The summed E-state index contributed by atoms with van der Waals surface area (Å²) in [5.41, 5.74) is 2.35. The van der Waals surface area contributed by atoms with Crippen molar-refractivity contribution < 1.29 is 25.2 Å². The maximum atomic E-state index is 9.81. The molecule has 0 atom stereocenters. The number of nitrogens with zero attached hydrogens (tertiary/aromatic N) is 2. The van der Waals surface area contributed by atoms with Gasteiger partial charge in [0.1, 0.15) is 34.5 Å². The predicted molar refractivity (Wildman–Crippen MR) is 127 cm³/mol. The molecule has 0 saturated carbocycles. The number of aliphatic imine (C=N–C) groups is 2. The number of benzene rings is 4. The average molecular weight is 440 g/mol. The van der Waals surface area contributed by atoms with E-state index >= 15 is 0 Å². The Hall–Kier alpha value is -4.78. The molecular formula is C26H20N2O5. The Morgan fingerprint density at radius 1 is 0.515 bits per heavy atom. The van der Waals surface area contributed by atoms with Gasteiger partial charge in [-0.2, -0.15) is 0 Å². The SMILES string of the molecule is Oc1ccc(C=Nc2ccc(Oc3ccc(N=Cc4ccc(O)cc4O)cc3)cc2)c(O)c1. The molecule has 0 aromatic heterocycles. The number of aromatic hydroxyl groups is 4. The number of ether oxygens (including phenoxy) is 1. The summed E-state index contributed by atoms with van der Waals surface area (Å²) in [5.74, 6) is 1.14. The van der Waals surface area contributed by atoms with Crippen molar-refractivity contribution in [2.45, 2.75) is 0 Å². The first-order valence-corrected chi connectivity index (χ1v) is 9.96. The average Bonchev–Trinajstić information content (AvgIpc) is 2.80. The Bertz CT molecular complexity index is 1210. The highest BCUT2D eigenvalue weighted by molar-refractivity contribution is 5.86. The number of rotatable bonds is 6. The molecule has 164 valence electrons. The Morgan fingerprint density at radius 3 is 1.27 bits per heavy atom. The molecule has 33 heavy (non-hydrogen) atoms. The van der Waals surface area contributed by atoms with Gasteiger partial charge in [-0.05, 0) is 72.8 Å². The van der Waals surface area contributed by atoms with E-state index in [1.54, 1.807) is 60.7 Å². The second-order valence-electron chi connectivity index (χ2n) is 7.09. The van der Waals surface area contributed by atoms with E-state index in [1.807, 2.05) is 0 Å². The molecule has 0 saturated heterocycles. The first kappa shape index (κ1) is 21.5. The van der Waals surface area contributed by atoms with E-state index in [1.165, 1.54) is 36.7 Å². The molecule has 0 fully saturated rings. The van der Waals surface area contributed by atoms with Crippen LogP contribution in [0, 0.1) is 0 Å². The molecule has 4 aromatic rings. The van der Waals surface area contributed by atoms with Crippen molar-refractivity contribution >= 4 is 23.8 Å². The first-order valence-electron chi connectivity index (χ1n) is 9.96. The number of phenols is 4. The second kappa shape index (κ2) is 9.57. The summed E-state index contributed by atoms with van der Waals surface area (Å²) in [6.07, 6.45) is 3.03. The van der Waals surface area contributed by atoms with Gasteiger partial charge >= 0.3 is 0 Å². The summed E-state index contributed by atoms with van der Waals surface area (Å²) in [5, 5.41) is 38.3. The molecule has 0 radical (unpaired) electrons. The van der Waals surface area contributed by atoms with E-state index in [-0.39, 0.29) is 23.0 Å². The predicted octanol–water partition coefficient (Wildman–Crippen LogP) is 5.80. The lowest BCUT2D eigenvalue weighted by Crippen LogP contribution is -1.84. The van der Waals surface area contributed by atoms with Gasteiger partial charge in [0.05, 0.1) is 11.4 Å². The molecule has 4 rings (SSSR count). The third-order valence-corrected chi connectivity index (χ3v) is 4.64. The van der Waals surface area contributed by atoms with Gasteiger partial charge in [-0.3, -0.25) is 9.98 Å². The van der Waals surface area contributed by atoms with Crippen LogP contribution in [0.3, 0.4) is 0 Å². The molecule has 7 heteroatoms. The van der Waals surface area contributed by atoms with E-state index in [4.69, 9.17) is 4.74 Å². The Kier molecular flexibility index (Phi) is 6.22. The van der Waals surface area contributed by atoms with Crippen LogP contribution < -0.4 is 4.74 Å². The van der Waals surface area contributed by atoms with Crippen molar-refractivity contribution in [1.82, 2.24) is 0 Å². The molecule has 0 aliphatic heterocycles. The van der Waals surface area contributed by atoms with Crippen molar-refractivity contribution in [3.8, 4) is 34.5 Å². The first-order chi connectivity index (χ1) is 16.0. The maximum absolute atomic E-state index is 9.81. The zero-order chi connectivity index (χ0) is 23.2. The van der Waals surface area contributed by atoms with Crippen LogP contribution >= 0.6 is 0 Å². The lowest BCUT2D eigenvalue weighted by atomic mass is 10.2. The third-order valence-electron chi connectivity index (χ3n) is 4.64. The lowest BCUT2D eigenvalue weighted by molar-refractivity contribution is 0.449. The Labute approximate surface area is 189 Å². The molecule has 0 spiro atoms. The van der Waals surface area contributed by atoms with Crippen molar-refractivity contribution in [2.75, 3.05) is 0 Å². The molecule has 0 aliphatic rings. The fourth-order valence-corrected chi connectivity index (χ4v) is 2.91. The van der Waals surface area contributed by atoms with Gasteiger partial charge in [-0.15, -0.1) is 0 Å². The van der Waals surface area contributed by atoms with Crippen LogP contribution in [0.2, 0.25) is 0 Å². The zero-order valence-corrected chi connectivity index (χ0v) is 17.3. The van der Waals surface area contributed by atoms with Crippen molar-refractivity contribution in [3.05, 3.63) is 96.1 Å². The third kappa shape index (κ3) is 5.68. The van der Waals surface area contributed by atoms with Crippen molar-refractivity contribution in [3.63, 3.8) is 0 Å². The second-order valence-corrected chi connectivity index (χ2v) is 7.09. The standard InChI is InChI=1S/C26H20N2O5/c29-21-7-1-17(25(31)13-21)15-27-19-3-9-23(10-4-19)33-24-11-5-20(6-12-24)28-16-18-2-8-22(30)14-26(18)32/h1-16,29-32H. The molecule has 4 aromatic carbocycles. The summed E-state index contributed by atoms with van der Waals surface area (Å²) in [6.45, 7) is 0. The summed E-state index contributed by atoms with van der Waals surface area (Å²) < 4.78 is 5.84. The molecule has 0 unspecified atom stereocenters. The van der Waals surface area contributed by atoms with E-state index in [2.05, 4.69) is 9.98 Å². The molecule has 0 bridgehead atoms. The van der Waals surface area contributed by atoms with Gasteiger partial charge in [0.2, 0.25) is 0 Å². The van der Waals surface area contributed by atoms with E-state index < -0.39 is 0 Å². The minimum absolute atomic E-state index is 0.0115. The van der Waals surface area contributed by atoms with E-state index in [0.29, 0.717) is 34.0 Å². The number of phenolic OH excluding ortho intramolecular Hbond substituents is 4. The molecule has 4 N–H and O–H groups in total.